The zero-order valence-corrected chi connectivity index (χ0v) is 20.2. The van der Waals surface area contributed by atoms with Crippen LogP contribution in [0.3, 0.4) is 0 Å². The number of amides is 1. The molecular weight excluding hydrogens is 488 g/mol. The van der Waals surface area contributed by atoms with E-state index >= 15 is 0 Å². The number of primary amides is 1. The van der Waals surface area contributed by atoms with Crippen LogP contribution in [0.5, 0.6) is 5.75 Å². The van der Waals surface area contributed by atoms with E-state index in [1.165, 1.54) is 0 Å². The molecule has 10 heteroatoms. The van der Waals surface area contributed by atoms with Gasteiger partial charge >= 0.3 is 0 Å². The minimum absolute atomic E-state index is 0.117. The summed E-state index contributed by atoms with van der Waals surface area (Å²) in [6.07, 6.45) is 1.44. The Morgan fingerprint density at radius 3 is 2.91 bits per heavy atom. The maximum Gasteiger partial charge on any atom is 0.266 e. The Bertz CT molecular complexity index is 1400. The number of pyridine rings is 1. The minimum Gasteiger partial charge on any atom is -0.491 e. The van der Waals surface area contributed by atoms with Crippen LogP contribution in [0.15, 0.2) is 71.8 Å². The standard InChI is InChI=1S/C25H23ClN4O4S/c26-17-7-8-22-20(13-17)24(23(29-22)25(27)31)35(32)30-10-11-33-19(14-30)15-34-18-5-3-4-16(12-18)21-6-1-2-9-28-21/h1-9,12-13,19,29H,10-11,14-15H2,(H2,27,31). The molecule has 1 fully saturated rings. The Kier molecular flexibility index (Phi) is 6.83. The summed E-state index contributed by atoms with van der Waals surface area (Å²) in [6.45, 7) is 1.45. The molecule has 2 unspecified atom stereocenters. The fraction of sp³-hybridized carbons (Fsp3) is 0.200. The third-order valence-corrected chi connectivity index (χ3v) is 7.51. The van der Waals surface area contributed by atoms with Gasteiger partial charge in [-0.1, -0.05) is 29.8 Å². The van der Waals surface area contributed by atoms with Crippen molar-refractivity contribution >= 4 is 39.4 Å². The second-order valence-electron chi connectivity index (χ2n) is 8.07. The molecule has 3 heterocycles. The lowest BCUT2D eigenvalue weighted by molar-refractivity contribution is -0.0237. The third kappa shape index (κ3) is 5.08. The van der Waals surface area contributed by atoms with Crippen molar-refractivity contribution < 1.29 is 18.5 Å². The lowest BCUT2D eigenvalue weighted by Gasteiger charge is -2.31. The average molecular weight is 511 g/mol. The molecule has 4 aromatic rings. The number of hydrogen-bond acceptors (Lipinski definition) is 5. The molecule has 35 heavy (non-hydrogen) atoms. The molecule has 0 saturated carbocycles. The van der Waals surface area contributed by atoms with Gasteiger partial charge < -0.3 is 20.2 Å². The van der Waals surface area contributed by atoms with E-state index in [0.717, 1.165) is 11.3 Å². The van der Waals surface area contributed by atoms with Crippen molar-refractivity contribution in [2.75, 3.05) is 26.3 Å². The highest BCUT2D eigenvalue weighted by atomic mass is 35.5. The zero-order chi connectivity index (χ0) is 24.4. The van der Waals surface area contributed by atoms with Gasteiger partial charge in [-0.25, -0.2) is 8.51 Å². The number of carbonyl (C=O) groups is 1. The van der Waals surface area contributed by atoms with E-state index in [1.807, 2.05) is 42.5 Å². The lowest BCUT2D eigenvalue weighted by Crippen LogP contribution is -2.45. The Balaban J connectivity index is 1.31. The lowest BCUT2D eigenvalue weighted by atomic mass is 10.1. The van der Waals surface area contributed by atoms with Gasteiger partial charge in [-0.2, -0.15) is 0 Å². The summed E-state index contributed by atoms with van der Waals surface area (Å²) in [6, 6.07) is 18.6. The van der Waals surface area contributed by atoms with Gasteiger partial charge in [0.15, 0.2) is 0 Å². The number of carbonyl (C=O) groups excluding carboxylic acids is 1. The maximum absolute atomic E-state index is 13.6. The quantitative estimate of drug-likeness (QED) is 0.393. The molecule has 0 bridgehead atoms. The van der Waals surface area contributed by atoms with Gasteiger partial charge in [-0.15, -0.1) is 0 Å². The van der Waals surface area contributed by atoms with Crippen molar-refractivity contribution in [3.63, 3.8) is 0 Å². The molecule has 180 valence electrons. The van der Waals surface area contributed by atoms with E-state index in [9.17, 15) is 9.00 Å². The van der Waals surface area contributed by atoms with Crippen molar-refractivity contribution in [1.82, 2.24) is 14.3 Å². The molecule has 2 atom stereocenters. The monoisotopic (exact) mass is 510 g/mol. The van der Waals surface area contributed by atoms with Crippen molar-refractivity contribution in [1.29, 1.82) is 0 Å². The Morgan fingerprint density at radius 2 is 2.11 bits per heavy atom. The van der Waals surface area contributed by atoms with Crippen LogP contribution >= 0.6 is 11.6 Å². The van der Waals surface area contributed by atoms with Crippen LogP contribution in [0.1, 0.15) is 10.5 Å². The van der Waals surface area contributed by atoms with E-state index in [4.69, 9.17) is 26.8 Å². The fourth-order valence-corrected chi connectivity index (χ4v) is 5.69. The molecule has 0 spiro atoms. The first-order chi connectivity index (χ1) is 17.0. The summed E-state index contributed by atoms with van der Waals surface area (Å²) in [5.74, 6) is 0.0129. The van der Waals surface area contributed by atoms with E-state index in [-0.39, 0.29) is 18.4 Å². The molecule has 8 nitrogen and oxygen atoms in total. The third-order valence-electron chi connectivity index (χ3n) is 5.70. The van der Waals surface area contributed by atoms with Crippen LogP contribution in [0, 0.1) is 0 Å². The first kappa shape index (κ1) is 23.5. The molecule has 1 saturated heterocycles. The number of aromatic amines is 1. The van der Waals surface area contributed by atoms with Gasteiger partial charge in [-0.05, 0) is 42.5 Å². The number of hydrogen-bond donors (Lipinski definition) is 2. The number of nitrogens with two attached hydrogens (primary N) is 1. The Morgan fingerprint density at radius 1 is 1.23 bits per heavy atom. The number of fused-ring (bicyclic) bond motifs is 1. The van der Waals surface area contributed by atoms with E-state index in [0.29, 0.717) is 46.3 Å². The van der Waals surface area contributed by atoms with Gasteiger partial charge in [0, 0.05) is 40.8 Å². The number of benzene rings is 2. The number of nitrogens with one attached hydrogen (secondary N) is 1. The van der Waals surface area contributed by atoms with Crippen LogP contribution in [-0.2, 0) is 15.7 Å². The molecule has 1 aliphatic rings. The zero-order valence-electron chi connectivity index (χ0n) is 18.6. The van der Waals surface area contributed by atoms with Gasteiger partial charge in [0.05, 0.1) is 17.2 Å². The molecule has 0 aliphatic carbocycles. The van der Waals surface area contributed by atoms with Gasteiger partial charge in [0.1, 0.15) is 35.1 Å². The summed E-state index contributed by atoms with van der Waals surface area (Å²) >= 11 is 6.16. The van der Waals surface area contributed by atoms with E-state index in [1.54, 1.807) is 28.7 Å². The summed E-state index contributed by atoms with van der Waals surface area (Å²) in [7, 11) is -1.65. The highest BCUT2D eigenvalue weighted by molar-refractivity contribution is 7.83. The maximum atomic E-state index is 13.6. The van der Waals surface area contributed by atoms with Gasteiger partial charge in [-0.3, -0.25) is 9.78 Å². The summed E-state index contributed by atoms with van der Waals surface area (Å²) in [5.41, 5.74) is 8.14. The van der Waals surface area contributed by atoms with E-state index < -0.39 is 16.9 Å². The molecule has 0 radical (unpaired) electrons. The highest BCUT2D eigenvalue weighted by Gasteiger charge is 2.30. The van der Waals surface area contributed by atoms with Crippen molar-refractivity contribution in [3.05, 3.63) is 77.6 Å². The van der Waals surface area contributed by atoms with Crippen molar-refractivity contribution in [2.24, 2.45) is 5.73 Å². The number of ether oxygens (including phenoxy) is 2. The predicted octanol–water partition coefficient (Wildman–Crippen LogP) is 3.78. The average Bonchev–Trinajstić information content (AvgIpc) is 3.27. The summed E-state index contributed by atoms with van der Waals surface area (Å²) < 4.78 is 27.2. The Labute approximate surface area is 209 Å². The molecular formula is C25H23ClN4O4S. The summed E-state index contributed by atoms with van der Waals surface area (Å²) in [5, 5.41) is 1.09. The van der Waals surface area contributed by atoms with Crippen LogP contribution in [0.25, 0.3) is 22.2 Å². The molecule has 1 aliphatic heterocycles. The normalized spacial score (nSPS) is 17.3. The molecule has 2 aromatic heterocycles. The topological polar surface area (TPSA) is 111 Å². The largest absolute Gasteiger partial charge is 0.491 e. The first-order valence-corrected chi connectivity index (χ1v) is 12.5. The van der Waals surface area contributed by atoms with E-state index in [2.05, 4.69) is 9.97 Å². The van der Waals surface area contributed by atoms with Crippen LogP contribution in [0.4, 0.5) is 0 Å². The van der Waals surface area contributed by atoms with Gasteiger partial charge in [0.25, 0.3) is 5.91 Å². The van der Waals surface area contributed by atoms with Crippen LogP contribution in [-0.4, -0.2) is 56.8 Å². The number of nitrogens with zero attached hydrogens (tertiary/aromatic N) is 2. The van der Waals surface area contributed by atoms with Crippen molar-refractivity contribution in [2.45, 2.75) is 11.0 Å². The number of aromatic nitrogens is 2. The second-order valence-corrected chi connectivity index (χ2v) is 9.93. The van der Waals surface area contributed by atoms with Crippen LogP contribution in [0.2, 0.25) is 5.02 Å². The SMILES string of the molecule is NC(=O)c1[nH]c2ccc(Cl)cc2c1S(=O)N1CCOC(COc2cccc(-c3ccccn3)c2)C1. The minimum atomic E-state index is -1.65. The Hall–Kier alpha value is -3.24. The number of H-pyrrole nitrogens is 1. The number of morpholine rings is 1. The fourth-order valence-electron chi connectivity index (χ4n) is 4.04. The number of halogens is 1. The molecule has 5 rings (SSSR count). The molecule has 3 N–H and O–H groups in total. The smallest absolute Gasteiger partial charge is 0.266 e. The van der Waals surface area contributed by atoms with Gasteiger partial charge in [0.2, 0.25) is 0 Å². The first-order valence-electron chi connectivity index (χ1n) is 11.0. The number of rotatable bonds is 7. The molecule has 2 aromatic carbocycles. The summed E-state index contributed by atoms with van der Waals surface area (Å²) in [4.78, 5) is 19.8. The van der Waals surface area contributed by atoms with Crippen molar-refractivity contribution in [3.8, 4) is 17.0 Å². The highest BCUT2D eigenvalue weighted by Crippen LogP contribution is 2.30. The predicted molar refractivity (Wildman–Crippen MR) is 135 cm³/mol. The second kappa shape index (κ2) is 10.2. The molecule has 1 amide bonds. The van der Waals surface area contributed by atoms with Crippen LogP contribution < -0.4 is 10.5 Å².